The average molecular weight is 376 g/mol. The second-order valence-corrected chi connectivity index (χ2v) is 7.61. The van der Waals surface area contributed by atoms with Gasteiger partial charge in [-0.15, -0.1) is 0 Å². The van der Waals surface area contributed by atoms with Crippen LogP contribution in [0.15, 0.2) is 61.2 Å². The molecule has 0 atom stereocenters. The van der Waals surface area contributed by atoms with Crippen molar-refractivity contribution in [2.75, 3.05) is 0 Å². The Kier molecular flexibility index (Phi) is 6.80. The molecule has 0 spiro atoms. The van der Waals surface area contributed by atoms with Crippen molar-refractivity contribution in [2.45, 2.75) is 51.4 Å². The van der Waals surface area contributed by atoms with Crippen molar-refractivity contribution < 1.29 is 14.3 Å². The van der Waals surface area contributed by atoms with Crippen molar-refractivity contribution in [3.63, 3.8) is 0 Å². The lowest BCUT2D eigenvalue weighted by molar-refractivity contribution is 0.0734. The summed E-state index contributed by atoms with van der Waals surface area (Å²) in [7, 11) is 0. The molecule has 0 saturated heterocycles. The molecule has 2 aromatic carbocycles. The maximum atomic E-state index is 12.3. The zero-order chi connectivity index (χ0) is 19.9. The molecule has 1 aliphatic rings. The van der Waals surface area contributed by atoms with Gasteiger partial charge in [0.2, 0.25) is 0 Å². The first kappa shape index (κ1) is 20.1. The van der Waals surface area contributed by atoms with Gasteiger partial charge in [-0.2, -0.15) is 0 Å². The smallest absolute Gasteiger partial charge is 0.343 e. The van der Waals surface area contributed by atoms with Crippen LogP contribution in [0.5, 0.6) is 5.75 Å². The van der Waals surface area contributed by atoms with Crippen molar-refractivity contribution in [3.8, 4) is 5.75 Å². The Morgan fingerprint density at radius 1 is 0.964 bits per heavy atom. The van der Waals surface area contributed by atoms with Crippen LogP contribution in [0.4, 0.5) is 0 Å². The van der Waals surface area contributed by atoms with Gasteiger partial charge in [0.15, 0.2) is 5.78 Å². The second kappa shape index (κ2) is 9.50. The van der Waals surface area contributed by atoms with Crippen LogP contribution in [0.3, 0.4) is 0 Å². The van der Waals surface area contributed by atoms with E-state index in [1.165, 1.54) is 50.2 Å². The lowest BCUT2D eigenvalue weighted by Crippen LogP contribution is -2.13. The maximum Gasteiger partial charge on any atom is 0.343 e. The highest BCUT2D eigenvalue weighted by Crippen LogP contribution is 2.37. The minimum Gasteiger partial charge on any atom is -0.423 e. The number of rotatable bonds is 7. The molecule has 3 heteroatoms. The lowest BCUT2D eigenvalue weighted by atomic mass is 9.77. The van der Waals surface area contributed by atoms with Gasteiger partial charge in [-0.1, -0.05) is 50.6 Å². The zero-order valence-electron chi connectivity index (χ0n) is 16.5. The van der Waals surface area contributed by atoms with E-state index in [0.29, 0.717) is 22.8 Å². The molecule has 3 nitrogen and oxygen atoms in total. The van der Waals surface area contributed by atoms with E-state index < -0.39 is 5.97 Å². The Hall–Kier alpha value is -2.68. The van der Waals surface area contributed by atoms with Gasteiger partial charge in [0.05, 0.1) is 5.56 Å². The molecule has 146 valence electrons. The number of hydrogen-bond donors (Lipinski definition) is 0. The first-order valence-electron chi connectivity index (χ1n) is 10.2. The predicted octanol–water partition coefficient (Wildman–Crippen LogP) is 6.35. The van der Waals surface area contributed by atoms with Gasteiger partial charge in [0, 0.05) is 5.56 Å². The average Bonchev–Trinajstić information content (AvgIpc) is 2.74. The summed E-state index contributed by atoms with van der Waals surface area (Å²) in [4.78, 5) is 23.9. The number of benzene rings is 2. The SMILES string of the molecule is C=CC(=O)c1ccc(C(=O)Oc2ccc(C3CCC(CCC)CC3)cc2)cc1. The van der Waals surface area contributed by atoms with Crippen LogP contribution in [0.1, 0.15) is 77.6 Å². The Bertz CT molecular complexity index is 810. The van der Waals surface area contributed by atoms with E-state index in [-0.39, 0.29) is 5.78 Å². The number of carbonyl (C=O) groups excluding carboxylic acids is 2. The van der Waals surface area contributed by atoms with Crippen molar-refractivity contribution in [2.24, 2.45) is 5.92 Å². The van der Waals surface area contributed by atoms with Gasteiger partial charge in [-0.3, -0.25) is 4.79 Å². The normalized spacial score (nSPS) is 19.0. The first-order valence-corrected chi connectivity index (χ1v) is 10.2. The predicted molar refractivity (Wildman–Crippen MR) is 112 cm³/mol. The molecule has 0 aliphatic heterocycles. The van der Waals surface area contributed by atoms with Gasteiger partial charge in [-0.05, 0) is 73.4 Å². The van der Waals surface area contributed by atoms with Crippen molar-refractivity contribution >= 4 is 11.8 Å². The Balaban J connectivity index is 1.57. The van der Waals surface area contributed by atoms with Crippen LogP contribution in [0, 0.1) is 5.92 Å². The number of ether oxygens (including phenoxy) is 1. The van der Waals surface area contributed by atoms with E-state index in [1.54, 1.807) is 24.3 Å². The molecule has 2 aromatic rings. The van der Waals surface area contributed by atoms with E-state index in [9.17, 15) is 9.59 Å². The van der Waals surface area contributed by atoms with Crippen molar-refractivity contribution in [1.29, 1.82) is 0 Å². The lowest BCUT2D eigenvalue weighted by Gasteiger charge is -2.28. The van der Waals surface area contributed by atoms with E-state index in [2.05, 4.69) is 25.6 Å². The third kappa shape index (κ3) is 4.98. The fourth-order valence-corrected chi connectivity index (χ4v) is 4.06. The fraction of sp³-hybridized carbons (Fsp3) is 0.360. The molecule has 0 aromatic heterocycles. The number of ketones is 1. The number of allylic oxidation sites excluding steroid dienone is 1. The van der Waals surface area contributed by atoms with Gasteiger partial charge in [0.25, 0.3) is 0 Å². The number of hydrogen-bond acceptors (Lipinski definition) is 3. The topological polar surface area (TPSA) is 43.4 Å². The third-order valence-corrected chi connectivity index (χ3v) is 5.70. The molecule has 28 heavy (non-hydrogen) atoms. The quantitative estimate of drug-likeness (QED) is 0.245. The molecule has 1 saturated carbocycles. The largest absolute Gasteiger partial charge is 0.423 e. The van der Waals surface area contributed by atoms with Crippen LogP contribution >= 0.6 is 0 Å². The van der Waals surface area contributed by atoms with Crippen LogP contribution in [0.2, 0.25) is 0 Å². The summed E-state index contributed by atoms with van der Waals surface area (Å²) in [5.74, 6) is 1.46. The summed E-state index contributed by atoms with van der Waals surface area (Å²) in [6.45, 7) is 5.73. The second-order valence-electron chi connectivity index (χ2n) is 7.61. The monoisotopic (exact) mass is 376 g/mol. The fourth-order valence-electron chi connectivity index (χ4n) is 4.06. The minimum atomic E-state index is -0.426. The van der Waals surface area contributed by atoms with Gasteiger partial charge >= 0.3 is 5.97 Å². The standard InChI is InChI=1S/C25H28O3/c1-3-5-18-6-8-19(9-7-18)20-14-16-23(17-15-20)28-25(27)22-12-10-21(11-13-22)24(26)4-2/h4,10-19H,2-3,5-9H2,1H3. The summed E-state index contributed by atoms with van der Waals surface area (Å²) < 4.78 is 5.47. The van der Waals surface area contributed by atoms with Crippen LogP contribution < -0.4 is 4.74 Å². The zero-order valence-corrected chi connectivity index (χ0v) is 16.5. The van der Waals surface area contributed by atoms with Crippen LogP contribution in [-0.4, -0.2) is 11.8 Å². The van der Waals surface area contributed by atoms with Crippen molar-refractivity contribution in [1.82, 2.24) is 0 Å². The molecule has 3 rings (SSSR count). The molecule has 1 fully saturated rings. The highest BCUT2D eigenvalue weighted by atomic mass is 16.5. The van der Waals surface area contributed by atoms with Crippen molar-refractivity contribution in [3.05, 3.63) is 77.9 Å². The molecule has 0 unspecified atom stereocenters. The van der Waals surface area contributed by atoms with Gasteiger partial charge < -0.3 is 4.74 Å². The molecule has 0 bridgehead atoms. The highest BCUT2D eigenvalue weighted by Gasteiger charge is 2.21. The molecule has 0 N–H and O–H groups in total. The molecular formula is C25H28O3. The first-order chi connectivity index (χ1) is 13.6. The summed E-state index contributed by atoms with van der Waals surface area (Å²) in [6.07, 6.45) is 9.02. The molecule has 0 amide bonds. The Labute approximate surface area is 167 Å². The highest BCUT2D eigenvalue weighted by molar-refractivity contribution is 6.04. The third-order valence-electron chi connectivity index (χ3n) is 5.70. The Morgan fingerprint density at radius 3 is 2.14 bits per heavy atom. The van der Waals surface area contributed by atoms with E-state index >= 15 is 0 Å². The Morgan fingerprint density at radius 2 is 1.57 bits per heavy atom. The summed E-state index contributed by atoms with van der Waals surface area (Å²) >= 11 is 0. The van der Waals surface area contributed by atoms with Gasteiger partial charge in [0.1, 0.15) is 5.75 Å². The van der Waals surface area contributed by atoms with Crippen LogP contribution in [0.25, 0.3) is 0 Å². The maximum absolute atomic E-state index is 12.3. The molecule has 1 aliphatic carbocycles. The minimum absolute atomic E-state index is 0.167. The number of carbonyl (C=O) groups is 2. The van der Waals surface area contributed by atoms with E-state index in [0.717, 1.165) is 5.92 Å². The molecule has 0 radical (unpaired) electrons. The van der Waals surface area contributed by atoms with Crippen LogP contribution in [-0.2, 0) is 0 Å². The molecule has 0 heterocycles. The van der Waals surface area contributed by atoms with E-state index in [4.69, 9.17) is 4.74 Å². The summed E-state index contributed by atoms with van der Waals surface area (Å²) in [5.41, 5.74) is 2.26. The summed E-state index contributed by atoms with van der Waals surface area (Å²) in [6, 6.07) is 14.3. The molecular weight excluding hydrogens is 348 g/mol. The number of esters is 1. The van der Waals surface area contributed by atoms with E-state index in [1.807, 2.05) is 12.1 Å². The summed E-state index contributed by atoms with van der Waals surface area (Å²) in [5, 5.41) is 0. The van der Waals surface area contributed by atoms with Gasteiger partial charge in [-0.25, -0.2) is 4.79 Å².